The quantitative estimate of drug-likeness (QED) is 0.703. The molecule has 0 N–H and O–H groups in total. The molecule has 0 bridgehead atoms. The van der Waals surface area contributed by atoms with Crippen LogP contribution in [0.2, 0.25) is 26.2 Å². The molecule has 1 aliphatic heterocycles. The average Bonchev–Trinajstić information content (AvgIpc) is 2.16. The van der Waals surface area contributed by atoms with Gasteiger partial charge >= 0.3 is 0 Å². The number of ether oxygens (including phenoxy) is 1. The zero-order valence-electron chi connectivity index (χ0n) is 11.0. The van der Waals surface area contributed by atoms with Gasteiger partial charge in [0.2, 0.25) is 9.04 Å². The third-order valence-corrected chi connectivity index (χ3v) is 6.73. The molecule has 16 heavy (non-hydrogen) atoms. The number of rotatable bonds is 5. The monoisotopic (exact) mass is 258 g/mol. The Labute approximate surface area is 102 Å². The van der Waals surface area contributed by atoms with E-state index in [0.717, 1.165) is 32.8 Å². The molecular formula is C11H24NO2Si2. The highest BCUT2D eigenvalue weighted by atomic mass is 28.4. The highest BCUT2D eigenvalue weighted by Gasteiger charge is 2.17. The van der Waals surface area contributed by atoms with Crippen molar-refractivity contribution in [2.24, 2.45) is 0 Å². The number of hydrogen-bond acceptors (Lipinski definition) is 3. The largest absolute Gasteiger partial charge is 0.453 e. The van der Waals surface area contributed by atoms with Crippen LogP contribution in [0.5, 0.6) is 0 Å². The van der Waals surface area contributed by atoms with Gasteiger partial charge in [-0.15, -0.1) is 0 Å². The Morgan fingerprint density at radius 1 is 1.31 bits per heavy atom. The summed E-state index contributed by atoms with van der Waals surface area (Å²) in [5.41, 5.74) is 2.28. The molecule has 0 aromatic heterocycles. The summed E-state index contributed by atoms with van der Waals surface area (Å²) in [6.07, 6.45) is 2.26. The highest BCUT2D eigenvalue weighted by molar-refractivity contribution is 6.78. The molecular weight excluding hydrogens is 234 g/mol. The molecule has 0 aromatic rings. The van der Waals surface area contributed by atoms with Crippen molar-refractivity contribution in [3.63, 3.8) is 0 Å². The number of hydrogen-bond donors (Lipinski definition) is 0. The lowest BCUT2D eigenvalue weighted by molar-refractivity contribution is 0.0434. The van der Waals surface area contributed by atoms with Gasteiger partial charge in [-0.25, -0.2) is 0 Å². The molecule has 1 fully saturated rings. The molecule has 0 unspecified atom stereocenters. The van der Waals surface area contributed by atoms with Crippen LogP contribution >= 0.6 is 0 Å². The van der Waals surface area contributed by atoms with Crippen LogP contribution in [0.15, 0.2) is 11.8 Å². The first kappa shape index (κ1) is 14.1. The SMILES string of the molecule is C[Si](/C=C/CN1CCOCC1)O[Si](C)(C)C. The molecule has 1 heterocycles. The van der Waals surface area contributed by atoms with Gasteiger partial charge in [-0.1, -0.05) is 11.8 Å². The minimum Gasteiger partial charge on any atom is -0.453 e. The van der Waals surface area contributed by atoms with Gasteiger partial charge in [0, 0.05) is 19.6 Å². The first-order valence-electron chi connectivity index (χ1n) is 5.96. The molecule has 1 radical (unpaired) electrons. The third-order valence-electron chi connectivity index (χ3n) is 2.29. The topological polar surface area (TPSA) is 21.7 Å². The standard InChI is InChI=1S/C11H24NO2Si2/c1-15(14-16(2,3)4)11-5-6-12-7-9-13-10-8-12/h5,11H,6-10H2,1-4H3/b11-5+. The van der Waals surface area contributed by atoms with Crippen LogP contribution in [0.3, 0.4) is 0 Å². The van der Waals surface area contributed by atoms with Crippen molar-refractivity contribution in [2.75, 3.05) is 32.8 Å². The second kappa shape index (κ2) is 6.71. The zero-order chi connectivity index (χ0) is 12.0. The van der Waals surface area contributed by atoms with Crippen molar-refractivity contribution in [1.82, 2.24) is 4.90 Å². The first-order valence-corrected chi connectivity index (χ1v) is 11.4. The van der Waals surface area contributed by atoms with Crippen molar-refractivity contribution in [2.45, 2.75) is 26.2 Å². The van der Waals surface area contributed by atoms with E-state index < -0.39 is 17.4 Å². The van der Waals surface area contributed by atoms with Crippen LogP contribution in [0.1, 0.15) is 0 Å². The Morgan fingerprint density at radius 2 is 1.94 bits per heavy atom. The van der Waals surface area contributed by atoms with E-state index in [2.05, 4.69) is 42.9 Å². The molecule has 5 heteroatoms. The van der Waals surface area contributed by atoms with Crippen molar-refractivity contribution in [3.05, 3.63) is 11.8 Å². The normalized spacial score (nSPS) is 19.8. The Morgan fingerprint density at radius 3 is 2.50 bits per heavy atom. The summed E-state index contributed by atoms with van der Waals surface area (Å²) >= 11 is 0. The molecule has 1 rings (SSSR count). The summed E-state index contributed by atoms with van der Waals surface area (Å²) < 4.78 is 11.4. The Kier molecular flexibility index (Phi) is 5.92. The Hall–Kier alpha value is 0.0538. The van der Waals surface area contributed by atoms with Crippen LogP contribution < -0.4 is 0 Å². The lowest BCUT2D eigenvalue weighted by atomic mass is 10.4. The van der Waals surface area contributed by atoms with Gasteiger partial charge in [0.25, 0.3) is 0 Å². The van der Waals surface area contributed by atoms with Crippen molar-refractivity contribution >= 4 is 17.4 Å². The Balaban J connectivity index is 2.20. The average molecular weight is 258 g/mol. The van der Waals surface area contributed by atoms with E-state index in [-0.39, 0.29) is 0 Å². The fraction of sp³-hybridized carbons (Fsp3) is 0.818. The van der Waals surface area contributed by atoms with E-state index >= 15 is 0 Å². The van der Waals surface area contributed by atoms with Gasteiger partial charge < -0.3 is 8.85 Å². The smallest absolute Gasteiger partial charge is 0.223 e. The van der Waals surface area contributed by atoms with E-state index in [1.54, 1.807) is 0 Å². The van der Waals surface area contributed by atoms with Gasteiger partial charge in [-0.05, 0) is 26.2 Å². The summed E-state index contributed by atoms with van der Waals surface area (Å²) in [4.78, 5) is 2.42. The minimum atomic E-state index is -1.35. The molecule has 0 amide bonds. The molecule has 0 atom stereocenters. The van der Waals surface area contributed by atoms with Gasteiger partial charge in [0.05, 0.1) is 13.2 Å². The summed E-state index contributed by atoms with van der Waals surface area (Å²) in [7, 11) is -2.07. The second-order valence-electron chi connectivity index (χ2n) is 5.14. The summed E-state index contributed by atoms with van der Waals surface area (Å²) in [6.45, 7) is 13.9. The van der Waals surface area contributed by atoms with E-state index in [1.165, 1.54) is 0 Å². The van der Waals surface area contributed by atoms with Crippen LogP contribution in [-0.2, 0) is 8.85 Å². The zero-order valence-corrected chi connectivity index (χ0v) is 13.0. The predicted octanol–water partition coefficient (Wildman–Crippen LogP) is 1.89. The number of nitrogens with zero attached hydrogens (tertiary/aromatic N) is 1. The molecule has 0 spiro atoms. The van der Waals surface area contributed by atoms with E-state index in [4.69, 9.17) is 8.85 Å². The molecule has 0 aliphatic carbocycles. The van der Waals surface area contributed by atoms with Crippen LogP contribution in [-0.4, -0.2) is 55.1 Å². The Bertz CT molecular complexity index is 223. The fourth-order valence-electron chi connectivity index (χ4n) is 1.67. The van der Waals surface area contributed by atoms with E-state index in [0.29, 0.717) is 0 Å². The van der Waals surface area contributed by atoms with Crippen LogP contribution in [0.4, 0.5) is 0 Å². The summed E-state index contributed by atoms with van der Waals surface area (Å²) in [6, 6.07) is 0. The highest BCUT2D eigenvalue weighted by Crippen LogP contribution is 2.05. The maximum Gasteiger partial charge on any atom is 0.223 e. The fourth-order valence-corrected chi connectivity index (χ4v) is 6.24. The summed E-state index contributed by atoms with van der Waals surface area (Å²) in [5, 5.41) is 0. The maximum absolute atomic E-state index is 6.04. The third kappa shape index (κ3) is 6.60. The van der Waals surface area contributed by atoms with Gasteiger partial charge in [-0.3, -0.25) is 4.90 Å². The van der Waals surface area contributed by atoms with Crippen molar-refractivity contribution < 1.29 is 8.85 Å². The molecule has 1 saturated heterocycles. The number of morpholine rings is 1. The predicted molar refractivity (Wildman–Crippen MR) is 72.4 cm³/mol. The van der Waals surface area contributed by atoms with Crippen LogP contribution in [0.25, 0.3) is 0 Å². The summed E-state index contributed by atoms with van der Waals surface area (Å²) in [5.74, 6) is 0. The van der Waals surface area contributed by atoms with Gasteiger partial charge in [-0.2, -0.15) is 0 Å². The molecule has 3 nitrogen and oxygen atoms in total. The lowest BCUT2D eigenvalue weighted by Gasteiger charge is -2.25. The molecule has 1 aliphatic rings. The maximum atomic E-state index is 6.04. The minimum absolute atomic E-state index is 0.724. The van der Waals surface area contributed by atoms with Crippen LogP contribution in [0, 0.1) is 0 Å². The van der Waals surface area contributed by atoms with Gasteiger partial charge in [0.1, 0.15) is 0 Å². The lowest BCUT2D eigenvalue weighted by Crippen LogP contribution is -2.36. The first-order chi connectivity index (χ1) is 7.47. The van der Waals surface area contributed by atoms with Gasteiger partial charge in [0.15, 0.2) is 8.32 Å². The van der Waals surface area contributed by atoms with Crippen molar-refractivity contribution in [3.8, 4) is 0 Å². The van der Waals surface area contributed by atoms with Crippen molar-refractivity contribution in [1.29, 1.82) is 0 Å². The molecule has 0 aromatic carbocycles. The molecule has 0 saturated carbocycles. The van der Waals surface area contributed by atoms with E-state index in [1.807, 2.05) is 0 Å². The molecule has 93 valence electrons. The van der Waals surface area contributed by atoms with E-state index in [9.17, 15) is 0 Å². The second-order valence-corrected chi connectivity index (χ2v) is 11.7.